The van der Waals surface area contributed by atoms with Gasteiger partial charge in [0.05, 0.1) is 0 Å². The predicted molar refractivity (Wildman–Crippen MR) is 131 cm³/mol. The van der Waals surface area contributed by atoms with Crippen LogP contribution < -0.4 is 0 Å². The molecule has 0 bridgehead atoms. The van der Waals surface area contributed by atoms with Crippen LogP contribution in [-0.4, -0.2) is 52.0 Å². The van der Waals surface area contributed by atoms with Crippen LogP contribution in [0.15, 0.2) is 40.8 Å². The summed E-state index contributed by atoms with van der Waals surface area (Å²) in [4.78, 5) is 34.4. The molecule has 2 aliphatic rings. The van der Waals surface area contributed by atoms with Crippen molar-refractivity contribution >= 4 is 34.3 Å². The van der Waals surface area contributed by atoms with Crippen LogP contribution in [0.5, 0.6) is 0 Å². The van der Waals surface area contributed by atoms with E-state index in [0.29, 0.717) is 18.2 Å². The lowest BCUT2D eigenvalue weighted by Gasteiger charge is -2.38. The number of carbonyl (C=O) groups excluding carboxylic acids is 1. The summed E-state index contributed by atoms with van der Waals surface area (Å²) >= 11 is 0. The van der Waals surface area contributed by atoms with E-state index in [1.807, 2.05) is 19.1 Å². The zero-order chi connectivity index (χ0) is 24.8. The maximum atomic E-state index is 12.6. The number of hydrogen-bond donors (Lipinski definition) is 2. The molecule has 2 aliphatic heterocycles. The van der Waals surface area contributed by atoms with E-state index in [1.165, 1.54) is 36.9 Å². The molecule has 4 rings (SSSR count). The summed E-state index contributed by atoms with van der Waals surface area (Å²) in [6.45, 7) is 8.40. The summed E-state index contributed by atoms with van der Waals surface area (Å²) in [6.07, 6.45) is 9.42. The monoisotopic (exact) mass is 467 g/mol. The van der Waals surface area contributed by atoms with Crippen LogP contribution in [0, 0.1) is 12.8 Å². The fourth-order valence-electron chi connectivity index (χ4n) is 4.69. The molecule has 1 aromatic carbocycles. The summed E-state index contributed by atoms with van der Waals surface area (Å²) in [6, 6.07) is 6.61. The second-order valence-corrected chi connectivity index (χ2v) is 9.01. The molecule has 0 aliphatic carbocycles. The van der Waals surface area contributed by atoms with Crippen LogP contribution in [-0.2, 0) is 9.59 Å². The van der Waals surface area contributed by atoms with Gasteiger partial charge in [-0.3, -0.25) is 9.69 Å². The number of rotatable bonds is 6. The number of ketones is 1. The van der Waals surface area contributed by atoms with E-state index >= 15 is 0 Å². The number of carbonyl (C=O) groups is 3. The molecule has 1 saturated heterocycles. The number of piperidine rings is 1. The van der Waals surface area contributed by atoms with Crippen molar-refractivity contribution < 1.29 is 29.0 Å². The Morgan fingerprint density at radius 3 is 2.53 bits per heavy atom. The number of hydrogen-bond acceptors (Lipinski definition) is 5. The molecule has 1 aromatic heterocycles. The Labute approximate surface area is 199 Å². The minimum absolute atomic E-state index is 0.0635. The summed E-state index contributed by atoms with van der Waals surface area (Å²) in [5.74, 6) is -1.24. The molecule has 0 amide bonds. The van der Waals surface area contributed by atoms with Crippen molar-refractivity contribution in [2.45, 2.75) is 58.9 Å². The van der Waals surface area contributed by atoms with Gasteiger partial charge < -0.3 is 14.6 Å². The molecule has 1 fully saturated rings. The first-order valence-electron chi connectivity index (χ1n) is 11.9. The van der Waals surface area contributed by atoms with Gasteiger partial charge in [-0.05, 0) is 62.9 Å². The molecule has 0 spiro atoms. The molecule has 2 atom stereocenters. The Kier molecular flexibility index (Phi) is 8.45. The molecule has 2 unspecified atom stereocenters. The van der Waals surface area contributed by atoms with Gasteiger partial charge in [0, 0.05) is 47.2 Å². The predicted octanol–water partition coefficient (Wildman–Crippen LogP) is 5.32. The molecule has 7 heteroatoms. The second-order valence-electron chi connectivity index (χ2n) is 9.01. The maximum Gasteiger partial charge on any atom is 0.328 e. The highest BCUT2D eigenvalue weighted by molar-refractivity contribution is 6.03. The lowest BCUT2D eigenvalue weighted by atomic mass is 9.87. The van der Waals surface area contributed by atoms with Gasteiger partial charge in [-0.1, -0.05) is 26.3 Å². The largest absolute Gasteiger partial charge is 0.478 e. The van der Waals surface area contributed by atoms with E-state index < -0.39 is 11.9 Å². The number of Topliss-reactive ketones (excluding diaryl/α,β-unsaturated/α-hetero) is 1. The van der Waals surface area contributed by atoms with Crippen LogP contribution in [0.25, 0.3) is 16.5 Å². The van der Waals surface area contributed by atoms with Gasteiger partial charge in [0.1, 0.15) is 11.3 Å². The van der Waals surface area contributed by atoms with E-state index in [0.717, 1.165) is 41.7 Å². The molecule has 2 aromatic rings. The van der Waals surface area contributed by atoms with Crippen LogP contribution in [0.2, 0.25) is 0 Å². The molecule has 0 saturated carbocycles. The quantitative estimate of drug-likeness (QED) is 0.437. The Hall–Kier alpha value is -3.19. The fraction of sp³-hybridized carbons (Fsp3) is 0.444. The lowest BCUT2D eigenvalue weighted by Crippen LogP contribution is -2.41. The van der Waals surface area contributed by atoms with Crippen molar-refractivity contribution in [1.82, 2.24) is 4.90 Å². The van der Waals surface area contributed by atoms with E-state index in [1.54, 1.807) is 0 Å². The molecule has 2 N–H and O–H groups in total. The van der Waals surface area contributed by atoms with Gasteiger partial charge in [0.2, 0.25) is 0 Å². The highest BCUT2D eigenvalue weighted by Gasteiger charge is 2.28. The fourth-order valence-corrected chi connectivity index (χ4v) is 4.69. The van der Waals surface area contributed by atoms with E-state index in [9.17, 15) is 14.4 Å². The summed E-state index contributed by atoms with van der Waals surface area (Å²) in [5.41, 5.74) is 4.33. The number of carboxylic acid groups (broad SMARTS) is 2. The lowest BCUT2D eigenvalue weighted by molar-refractivity contribution is -0.134. The zero-order valence-corrected chi connectivity index (χ0v) is 20.0. The van der Waals surface area contributed by atoms with Crippen LogP contribution in [0.4, 0.5) is 0 Å². The topological polar surface area (TPSA) is 108 Å². The first-order chi connectivity index (χ1) is 16.2. The van der Waals surface area contributed by atoms with Gasteiger partial charge in [0.25, 0.3) is 0 Å². The molecular weight excluding hydrogens is 434 g/mol. The smallest absolute Gasteiger partial charge is 0.328 e. The number of fused-ring (bicyclic) bond motifs is 2. The van der Waals surface area contributed by atoms with E-state index in [-0.39, 0.29) is 11.7 Å². The molecule has 7 nitrogen and oxygen atoms in total. The summed E-state index contributed by atoms with van der Waals surface area (Å²) < 4.78 is 6.04. The van der Waals surface area contributed by atoms with Crippen molar-refractivity contribution in [3.63, 3.8) is 0 Å². The highest BCUT2D eigenvalue weighted by Crippen LogP contribution is 2.38. The third-order valence-electron chi connectivity index (χ3n) is 6.67. The van der Waals surface area contributed by atoms with E-state index in [2.05, 4.69) is 30.9 Å². The van der Waals surface area contributed by atoms with Gasteiger partial charge >= 0.3 is 11.9 Å². The average Bonchev–Trinajstić information content (AvgIpc) is 3.16. The molecule has 182 valence electrons. The zero-order valence-electron chi connectivity index (χ0n) is 20.0. The minimum atomic E-state index is -1.26. The van der Waals surface area contributed by atoms with Gasteiger partial charge in [0.15, 0.2) is 5.78 Å². The van der Waals surface area contributed by atoms with Crippen molar-refractivity contribution in [3.05, 3.63) is 53.3 Å². The van der Waals surface area contributed by atoms with Crippen LogP contribution >= 0.6 is 0 Å². The molecule has 34 heavy (non-hydrogen) atoms. The number of aryl methyl sites for hydroxylation is 1. The second kappa shape index (κ2) is 11.3. The Morgan fingerprint density at radius 1 is 1.18 bits per heavy atom. The van der Waals surface area contributed by atoms with Crippen LogP contribution in [0.1, 0.15) is 67.6 Å². The minimum Gasteiger partial charge on any atom is -0.478 e. The summed E-state index contributed by atoms with van der Waals surface area (Å²) in [7, 11) is 0. The third-order valence-corrected chi connectivity index (χ3v) is 6.67. The number of nitrogens with zero attached hydrogens (tertiary/aromatic N) is 1. The highest BCUT2D eigenvalue weighted by atomic mass is 16.4. The number of carboxylic acids is 2. The van der Waals surface area contributed by atoms with Gasteiger partial charge in [-0.25, -0.2) is 9.59 Å². The number of benzene rings is 1. The van der Waals surface area contributed by atoms with Crippen molar-refractivity contribution in [3.8, 4) is 0 Å². The number of aliphatic carboxylic acids is 2. The molecular formula is C27H33NO6. The first-order valence-corrected chi connectivity index (χ1v) is 11.9. The SMILES string of the molecule is CCC(C)C(=O)c1ccc2oc(C)c(C3=CCN4CCCCC4C3)c2c1.O=C(O)C=CC(=O)O. The Balaban J connectivity index is 0.000000350. The van der Waals surface area contributed by atoms with E-state index in [4.69, 9.17) is 14.6 Å². The Morgan fingerprint density at radius 2 is 1.88 bits per heavy atom. The normalized spacial score (nSPS) is 19.1. The van der Waals surface area contributed by atoms with Crippen molar-refractivity contribution in [1.29, 1.82) is 0 Å². The van der Waals surface area contributed by atoms with Gasteiger partial charge in [-0.15, -0.1) is 0 Å². The van der Waals surface area contributed by atoms with Crippen molar-refractivity contribution in [2.75, 3.05) is 13.1 Å². The van der Waals surface area contributed by atoms with Crippen LogP contribution in [0.3, 0.4) is 0 Å². The molecule has 3 heterocycles. The summed E-state index contributed by atoms with van der Waals surface area (Å²) in [5, 5.41) is 16.7. The van der Waals surface area contributed by atoms with Crippen molar-refractivity contribution in [2.24, 2.45) is 5.92 Å². The third kappa shape index (κ3) is 6.03. The average molecular weight is 468 g/mol. The molecule has 0 radical (unpaired) electrons. The standard InChI is InChI=1S/C23H29NO2.C4H4O4/c1-4-15(2)23(25)18-8-9-21-20(14-18)22(16(3)26-21)17-10-12-24-11-6-5-7-19(24)13-17;5-3(6)1-2-4(7)8/h8-10,14-15,19H,4-7,11-13H2,1-3H3;1-2H,(H,5,6)(H,7,8). The van der Waals surface area contributed by atoms with Gasteiger partial charge in [-0.2, -0.15) is 0 Å². The number of furan rings is 1. The Bertz CT molecular complexity index is 1110. The first kappa shape index (κ1) is 25.4. The maximum absolute atomic E-state index is 12.6.